The molecule has 138 valence electrons. The van der Waals surface area contributed by atoms with E-state index < -0.39 is 0 Å². The number of carbonyl (C=O) groups is 1. The zero-order chi connectivity index (χ0) is 17.1. The van der Waals surface area contributed by atoms with E-state index in [0.717, 1.165) is 19.0 Å². The van der Waals surface area contributed by atoms with Crippen molar-refractivity contribution in [3.8, 4) is 0 Å². The molecule has 0 aromatic rings. The molecule has 0 aromatic carbocycles. The minimum absolute atomic E-state index is 0.251. The Hall–Kier alpha value is -0.570. The molecule has 0 spiro atoms. The number of carbonyl (C=O) groups excluding carboxylic acids is 1. The van der Waals surface area contributed by atoms with E-state index in [0.29, 0.717) is 29.6 Å². The van der Waals surface area contributed by atoms with E-state index in [2.05, 4.69) is 31.0 Å². The molecular weight excluding hydrogens is 296 g/mol. The number of rotatable bonds is 5. The number of nitrogens with one attached hydrogen (secondary N) is 1. The number of likely N-dealkylation sites (tertiary alicyclic amines) is 1. The number of hydrogen-bond acceptors (Lipinski definition) is 2. The third-order valence-electron chi connectivity index (χ3n) is 7.08. The maximum Gasteiger partial charge on any atom is 0.223 e. The molecule has 1 saturated heterocycles. The summed E-state index contributed by atoms with van der Waals surface area (Å²) in [7, 11) is 0. The molecule has 1 heterocycles. The summed E-state index contributed by atoms with van der Waals surface area (Å²) < 4.78 is 0. The van der Waals surface area contributed by atoms with Crippen LogP contribution in [0.1, 0.15) is 72.1 Å². The molecule has 3 aliphatic rings. The van der Waals surface area contributed by atoms with Gasteiger partial charge in [0.1, 0.15) is 0 Å². The molecular formula is C21H38N2O. The van der Waals surface area contributed by atoms with E-state index >= 15 is 0 Å². The highest BCUT2D eigenvalue weighted by Gasteiger charge is 2.36. The van der Waals surface area contributed by atoms with Gasteiger partial charge in [0.2, 0.25) is 5.91 Å². The van der Waals surface area contributed by atoms with E-state index in [1.165, 1.54) is 58.0 Å². The smallest absolute Gasteiger partial charge is 0.223 e. The normalized spacial score (nSPS) is 35.7. The topological polar surface area (TPSA) is 32.3 Å². The maximum absolute atomic E-state index is 12.8. The second kappa shape index (κ2) is 8.21. The second-order valence-corrected chi connectivity index (χ2v) is 9.27. The first-order valence-corrected chi connectivity index (χ1v) is 10.6. The maximum atomic E-state index is 12.8. The van der Waals surface area contributed by atoms with E-state index in [1.807, 2.05) is 0 Å². The minimum atomic E-state index is 0.251. The highest BCUT2D eigenvalue weighted by Crippen LogP contribution is 2.38. The molecule has 2 saturated carbocycles. The van der Waals surface area contributed by atoms with Gasteiger partial charge >= 0.3 is 0 Å². The lowest BCUT2D eigenvalue weighted by Gasteiger charge is -2.36. The van der Waals surface area contributed by atoms with Gasteiger partial charge in [-0.2, -0.15) is 0 Å². The van der Waals surface area contributed by atoms with Crippen molar-refractivity contribution in [2.24, 2.45) is 29.6 Å². The summed E-state index contributed by atoms with van der Waals surface area (Å²) in [5.41, 5.74) is 0. The monoisotopic (exact) mass is 334 g/mol. The van der Waals surface area contributed by atoms with Gasteiger partial charge in [-0.15, -0.1) is 0 Å². The highest BCUT2D eigenvalue weighted by molar-refractivity contribution is 5.79. The predicted octanol–water partition coefficient (Wildman–Crippen LogP) is 4.08. The molecule has 3 rings (SSSR count). The van der Waals surface area contributed by atoms with E-state index in [1.54, 1.807) is 0 Å². The fourth-order valence-corrected chi connectivity index (χ4v) is 5.51. The SMILES string of the molecule is CC(C)[C@@H]1CC[C@@H](C)C[C@H]1C(=O)NCC1CCN(C2CCCC2)C1. The minimum Gasteiger partial charge on any atom is -0.356 e. The van der Waals surface area contributed by atoms with Crippen LogP contribution >= 0.6 is 0 Å². The molecule has 4 atom stereocenters. The Labute approximate surface area is 148 Å². The molecule has 2 aliphatic carbocycles. The summed E-state index contributed by atoms with van der Waals surface area (Å²) in [5, 5.41) is 3.35. The van der Waals surface area contributed by atoms with Crippen molar-refractivity contribution in [3.05, 3.63) is 0 Å². The van der Waals surface area contributed by atoms with Crippen LogP contribution in [0.15, 0.2) is 0 Å². The van der Waals surface area contributed by atoms with Gasteiger partial charge in [-0.3, -0.25) is 4.79 Å². The van der Waals surface area contributed by atoms with Crippen LogP contribution in [0, 0.1) is 29.6 Å². The summed E-state index contributed by atoms with van der Waals surface area (Å²) in [4.78, 5) is 15.5. The largest absolute Gasteiger partial charge is 0.356 e. The van der Waals surface area contributed by atoms with Gasteiger partial charge in [0.15, 0.2) is 0 Å². The van der Waals surface area contributed by atoms with Crippen molar-refractivity contribution >= 4 is 5.91 Å². The molecule has 1 unspecified atom stereocenters. The third kappa shape index (κ3) is 4.33. The van der Waals surface area contributed by atoms with Gasteiger partial charge < -0.3 is 10.2 Å². The Morgan fingerprint density at radius 2 is 1.88 bits per heavy atom. The van der Waals surface area contributed by atoms with Crippen LogP contribution in [-0.4, -0.2) is 36.5 Å². The summed E-state index contributed by atoms with van der Waals surface area (Å²) in [6, 6.07) is 0.843. The number of hydrogen-bond donors (Lipinski definition) is 1. The third-order valence-corrected chi connectivity index (χ3v) is 7.08. The van der Waals surface area contributed by atoms with Crippen LogP contribution in [0.25, 0.3) is 0 Å². The molecule has 0 bridgehead atoms. The first-order chi connectivity index (χ1) is 11.5. The van der Waals surface area contributed by atoms with Gasteiger partial charge in [0, 0.05) is 25.0 Å². The average molecular weight is 335 g/mol. The standard InChI is InChI=1S/C21H38N2O/c1-15(2)19-9-8-16(3)12-20(19)21(24)22-13-17-10-11-23(14-17)18-6-4-5-7-18/h15-20H,4-14H2,1-3H3,(H,22,24)/t16-,17?,19+,20-/m1/s1. The lowest BCUT2D eigenvalue weighted by atomic mass is 9.70. The molecule has 3 fully saturated rings. The van der Waals surface area contributed by atoms with Gasteiger partial charge in [0.05, 0.1) is 0 Å². The average Bonchev–Trinajstić information content (AvgIpc) is 3.23. The van der Waals surface area contributed by atoms with Gasteiger partial charge in [0.25, 0.3) is 0 Å². The Bertz CT molecular complexity index is 416. The summed E-state index contributed by atoms with van der Waals surface area (Å²) in [6.45, 7) is 10.2. The fraction of sp³-hybridized carbons (Fsp3) is 0.952. The van der Waals surface area contributed by atoms with Crippen molar-refractivity contribution in [1.29, 1.82) is 0 Å². The van der Waals surface area contributed by atoms with E-state index in [4.69, 9.17) is 0 Å². The van der Waals surface area contributed by atoms with Gasteiger partial charge in [-0.25, -0.2) is 0 Å². The Morgan fingerprint density at radius 3 is 2.58 bits per heavy atom. The van der Waals surface area contributed by atoms with Crippen molar-refractivity contribution in [2.75, 3.05) is 19.6 Å². The predicted molar refractivity (Wildman–Crippen MR) is 99.8 cm³/mol. The Morgan fingerprint density at radius 1 is 1.12 bits per heavy atom. The van der Waals surface area contributed by atoms with E-state index in [9.17, 15) is 4.79 Å². The lowest BCUT2D eigenvalue weighted by Crippen LogP contribution is -2.42. The lowest BCUT2D eigenvalue weighted by molar-refractivity contribution is -0.129. The van der Waals surface area contributed by atoms with Crippen LogP contribution < -0.4 is 5.32 Å². The molecule has 0 radical (unpaired) electrons. The van der Waals surface area contributed by atoms with Crippen molar-refractivity contribution in [2.45, 2.75) is 78.2 Å². The molecule has 3 heteroatoms. The summed E-state index contributed by atoms with van der Waals surface area (Å²) >= 11 is 0. The van der Waals surface area contributed by atoms with Crippen LogP contribution in [-0.2, 0) is 4.79 Å². The van der Waals surface area contributed by atoms with E-state index in [-0.39, 0.29) is 5.92 Å². The van der Waals surface area contributed by atoms with Crippen molar-refractivity contribution in [1.82, 2.24) is 10.2 Å². The summed E-state index contributed by atoms with van der Waals surface area (Å²) in [6.07, 6.45) is 10.5. The van der Waals surface area contributed by atoms with Crippen molar-refractivity contribution < 1.29 is 4.79 Å². The quantitative estimate of drug-likeness (QED) is 0.822. The Kier molecular flexibility index (Phi) is 6.23. The molecule has 24 heavy (non-hydrogen) atoms. The molecule has 1 amide bonds. The second-order valence-electron chi connectivity index (χ2n) is 9.27. The van der Waals surface area contributed by atoms with Crippen LogP contribution in [0.2, 0.25) is 0 Å². The molecule has 1 N–H and O–H groups in total. The first-order valence-electron chi connectivity index (χ1n) is 10.6. The number of amides is 1. The zero-order valence-corrected chi connectivity index (χ0v) is 16.1. The zero-order valence-electron chi connectivity index (χ0n) is 16.1. The highest BCUT2D eigenvalue weighted by atomic mass is 16.1. The molecule has 3 nitrogen and oxygen atoms in total. The molecule has 1 aliphatic heterocycles. The van der Waals surface area contributed by atoms with Crippen LogP contribution in [0.3, 0.4) is 0 Å². The Balaban J connectivity index is 1.46. The fourth-order valence-electron chi connectivity index (χ4n) is 5.51. The van der Waals surface area contributed by atoms with Gasteiger partial charge in [-0.1, -0.05) is 40.0 Å². The molecule has 0 aromatic heterocycles. The summed E-state index contributed by atoms with van der Waals surface area (Å²) in [5.74, 6) is 3.19. The van der Waals surface area contributed by atoms with Crippen LogP contribution in [0.4, 0.5) is 0 Å². The first kappa shape index (κ1) is 18.2. The number of nitrogens with zero attached hydrogens (tertiary/aromatic N) is 1. The van der Waals surface area contributed by atoms with Crippen molar-refractivity contribution in [3.63, 3.8) is 0 Å². The van der Waals surface area contributed by atoms with Crippen LogP contribution in [0.5, 0.6) is 0 Å². The van der Waals surface area contributed by atoms with Gasteiger partial charge in [-0.05, 0) is 62.3 Å².